The van der Waals surface area contributed by atoms with Gasteiger partial charge in [-0.05, 0) is 44.9 Å². The van der Waals surface area contributed by atoms with Crippen molar-refractivity contribution in [2.24, 2.45) is 0 Å². The third-order valence-corrected chi connectivity index (χ3v) is 12.4. The van der Waals surface area contributed by atoms with Crippen LogP contribution in [0.1, 0.15) is 239 Å². The van der Waals surface area contributed by atoms with E-state index in [1.165, 1.54) is 180 Å². The fraction of sp³-hybridized carbons (Fsp3) is 0.900. The standard InChI is InChI=1S/C50H99N2O6P/c1-6-8-10-12-14-16-17-18-19-20-21-22-23-24-25-26-27-28-29-30-31-32-33-34-35-36-38-40-42-44-50(54)51-48(47-58-59(55,56)57-46-45-52(3,4)5)49(53)43-41-39-37-15-13-11-9-7-2/h20-21,41,43,48-49,53H,6-19,22-40,42,44-47H2,1-5H3,(H-,51,54,55,56)/b21-20-,43-41+. The molecule has 0 aliphatic rings. The van der Waals surface area contributed by atoms with Crippen molar-refractivity contribution in [2.75, 3.05) is 40.9 Å². The number of nitrogens with one attached hydrogen (secondary N) is 1. The minimum absolute atomic E-state index is 0.000439. The van der Waals surface area contributed by atoms with Crippen LogP contribution in [0.15, 0.2) is 24.3 Å². The average molecular weight is 855 g/mol. The van der Waals surface area contributed by atoms with Gasteiger partial charge in [0.05, 0.1) is 39.9 Å². The molecule has 0 aliphatic heterocycles. The van der Waals surface area contributed by atoms with Crippen molar-refractivity contribution in [3.63, 3.8) is 0 Å². The van der Waals surface area contributed by atoms with Crippen LogP contribution in [0, 0.1) is 0 Å². The van der Waals surface area contributed by atoms with Gasteiger partial charge in [-0.2, -0.15) is 0 Å². The molecule has 59 heavy (non-hydrogen) atoms. The Hall–Kier alpha value is -1.02. The number of carbonyl (C=O) groups excluding carboxylic acids is 1. The summed E-state index contributed by atoms with van der Waals surface area (Å²) in [5.41, 5.74) is 0. The molecule has 0 rings (SSSR count). The number of phosphoric ester groups is 1. The lowest BCUT2D eigenvalue weighted by Crippen LogP contribution is -2.45. The van der Waals surface area contributed by atoms with E-state index in [1.807, 2.05) is 27.2 Å². The highest BCUT2D eigenvalue weighted by Gasteiger charge is 2.23. The van der Waals surface area contributed by atoms with E-state index >= 15 is 0 Å². The lowest BCUT2D eigenvalue weighted by molar-refractivity contribution is -0.870. The molecule has 0 radical (unpaired) electrons. The molecule has 350 valence electrons. The van der Waals surface area contributed by atoms with Gasteiger partial charge in [0.25, 0.3) is 7.82 Å². The van der Waals surface area contributed by atoms with Crippen LogP contribution in [0.2, 0.25) is 0 Å². The molecule has 0 bridgehead atoms. The quantitative estimate of drug-likeness (QED) is 0.0273. The molecule has 3 unspecified atom stereocenters. The first-order valence-electron chi connectivity index (χ1n) is 25.2. The summed E-state index contributed by atoms with van der Waals surface area (Å²) in [6.45, 7) is 4.61. The van der Waals surface area contributed by atoms with Gasteiger partial charge >= 0.3 is 0 Å². The van der Waals surface area contributed by atoms with E-state index in [4.69, 9.17) is 9.05 Å². The van der Waals surface area contributed by atoms with Gasteiger partial charge in [0.2, 0.25) is 5.91 Å². The summed E-state index contributed by atoms with van der Waals surface area (Å²) in [6.07, 6.45) is 51.3. The van der Waals surface area contributed by atoms with Crippen molar-refractivity contribution >= 4 is 13.7 Å². The van der Waals surface area contributed by atoms with Crippen molar-refractivity contribution < 1.29 is 32.9 Å². The van der Waals surface area contributed by atoms with Crippen molar-refractivity contribution in [2.45, 2.75) is 251 Å². The number of aliphatic hydroxyl groups is 1. The van der Waals surface area contributed by atoms with Crippen LogP contribution in [-0.2, 0) is 18.4 Å². The maximum Gasteiger partial charge on any atom is 0.268 e. The third kappa shape index (κ3) is 44.8. The highest BCUT2D eigenvalue weighted by Crippen LogP contribution is 2.38. The van der Waals surface area contributed by atoms with Crippen LogP contribution in [0.3, 0.4) is 0 Å². The lowest BCUT2D eigenvalue weighted by Gasteiger charge is -2.29. The average Bonchev–Trinajstić information content (AvgIpc) is 3.19. The highest BCUT2D eigenvalue weighted by molar-refractivity contribution is 7.45. The molecular weight excluding hydrogens is 756 g/mol. The first-order valence-corrected chi connectivity index (χ1v) is 26.7. The number of hydrogen-bond acceptors (Lipinski definition) is 6. The van der Waals surface area contributed by atoms with Gasteiger partial charge in [0, 0.05) is 6.42 Å². The zero-order chi connectivity index (χ0) is 43.6. The third-order valence-electron chi connectivity index (χ3n) is 11.4. The number of nitrogens with zero attached hydrogens (tertiary/aromatic N) is 1. The minimum atomic E-state index is -4.58. The van der Waals surface area contributed by atoms with Gasteiger partial charge in [0.15, 0.2) is 0 Å². The van der Waals surface area contributed by atoms with Crippen LogP contribution in [-0.4, -0.2) is 68.5 Å². The van der Waals surface area contributed by atoms with Crippen molar-refractivity contribution in [1.29, 1.82) is 0 Å². The van der Waals surface area contributed by atoms with E-state index in [9.17, 15) is 19.4 Å². The number of aliphatic hydroxyl groups excluding tert-OH is 1. The number of rotatable bonds is 46. The van der Waals surface area contributed by atoms with Gasteiger partial charge in [-0.3, -0.25) is 9.36 Å². The summed E-state index contributed by atoms with van der Waals surface area (Å²) in [6, 6.07) is -0.880. The highest BCUT2D eigenvalue weighted by atomic mass is 31.2. The summed E-state index contributed by atoms with van der Waals surface area (Å²) < 4.78 is 23.1. The van der Waals surface area contributed by atoms with E-state index in [-0.39, 0.29) is 19.1 Å². The van der Waals surface area contributed by atoms with Crippen molar-refractivity contribution in [3.8, 4) is 0 Å². The first-order chi connectivity index (χ1) is 28.5. The summed E-state index contributed by atoms with van der Waals surface area (Å²) in [5, 5.41) is 13.7. The largest absolute Gasteiger partial charge is 0.756 e. The molecule has 0 heterocycles. The molecule has 0 aromatic carbocycles. The van der Waals surface area contributed by atoms with Crippen LogP contribution in [0.25, 0.3) is 0 Å². The molecular formula is C50H99N2O6P. The monoisotopic (exact) mass is 855 g/mol. The molecule has 0 aromatic heterocycles. The Morgan fingerprint density at radius 1 is 0.576 bits per heavy atom. The lowest BCUT2D eigenvalue weighted by atomic mass is 10.0. The zero-order valence-electron chi connectivity index (χ0n) is 39.7. The maximum absolute atomic E-state index is 12.8. The van der Waals surface area contributed by atoms with E-state index in [0.29, 0.717) is 17.4 Å². The van der Waals surface area contributed by atoms with Crippen LogP contribution in [0.5, 0.6) is 0 Å². The molecule has 0 saturated carbocycles. The molecule has 3 atom stereocenters. The Labute approximate surface area is 366 Å². The summed E-state index contributed by atoms with van der Waals surface area (Å²) >= 11 is 0. The molecule has 0 fully saturated rings. The van der Waals surface area contributed by atoms with E-state index in [0.717, 1.165) is 38.5 Å². The van der Waals surface area contributed by atoms with E-state index in [1.54, 1.807) is 6.08 Å². The Morgan fingerprint density at radius 2 is 0.932 bits per heavy atom. The Kier molecular flexibility index (Phi) is 41.6. The molecule has 0 aliphatic carbocycles. The maximum atomic E-state index is 12.8. The molecule has 2 N–H and O–H groups in total. The number of unbranched alkanes of at least 4 members (excludes halogenated alkanes) is 31. The van der Waals surface area contributed by atoms with Gasteiger partial charge in [-0.1, -0.05) is 212 Å². The minimum Gasteiger partial charge on any atom is -0.756 e. The number of hydrogen-bond donors (Lipinski definition) is 2. The predicted molar refractivity (Wildman–Crippen MR) is 252 cm³/mol. The second kappa shape index (κ2) is 42.3. The van der Waals surface area contributed by atoms with Crippen LogP contribution >= 0.6 is 7.82 Å². The van der Waals surface area contributed by atoms with E-state index < -0.39 is 20.0 Å². The summed E-state index contributed by atoms with van der Waals surface area (Å²) in [5.74, 6) is -0.198. The van der Waals surface area contributed by atoms with Crippen LogP contribution in [0.4, 0.5) is 0 Å². The predicted octanol–water partition coefficient (Wildman–Crippen LogP) is 13.8. The Bertz CT molecular complexity index is 1020. The number of carbonyl (C=O) groups is 1. The molecule has 0 spiro atoms. The molecule has 0 saturated heterocycles. The van der Waals surface area contributed by atoms with Gasteiger partial charge in [-0.25, -0.2) is 0 Å². The summed E-state index contributed by atoms with van der Waals surface area (Å²) in [7, 11) is 1.27. The number of quaternary nitrogens is 1. The van der Waals surface area contributed by atoms with Crippen molar-refractivity contribution in [1.82, 2.24) is 5.32 Å². The fourth-order valence-corrected chi connectivity index (χ4v) is 8.11. The number of likely N-dealkylation sites (N-methyl/N-ethyl adjacent to an activating group) is 1. The second-order valence-electron chi connectivity index (χ2n) is 18.5. The van der Waals surface area contributed by atoms with E-state index in [2.05, 4.69) is 31.3 Å². The topological polar surface area (TPSA) is 108 Å². The normalized spacial score (nSPS) is 14.4. The second-order valence-corrected chi connectivity index (χ2v) is 19.9. The van der Waals surface area contributed by atoms with Gasteiger partial charge in [0.1, 0.15) is 13.2 Å². The fourth-order valence-electron chi connectivity index (χ4n) is 7.38. The molecule has 0 aromatic rings. The molecule has 8 nitrogen and oxygen atoms in total. The Morgan fingerprint density at radius 3 is 1.32 bits per heavy atom. The number of amides is 1. The number of phosphoric acid groups is 1. The SMILES string of the molecule is CCCCCCCC/C=C/C(O)C(COP(=O)([O-])OCC[N+](C)(C)C)NC(=O)CCCCCCCCCCCCCCCCCCC/C=C\CCCCCCCCCC. The number of allylic oxidation sites excluding steroid dienone is 3. The van der Waals surface area contributed by atoms with Gasteiger partial charge < -0.3 is 28.8 Å². The van der Waals surface area contributed by atoms with Crippen LogP contribution < -0.4 is 10.2 Å². The summed E-state index contributed by atoms with van der Waals surface area (Å²) in [4.78, 5) is 25.2. The molecule has 9 heteroatoms. The Balaban J connectivity index is 3.97. The smallest absolute Gasteiger partial charge is 0.268 e. The van der Waals surface area contributed by atoms with Gasteiger partial charge in [-0.15, -0.1) is 0 Å². The zero-order valence-corrected chi connectivity index (χ0v) is 40.6. The van der Waals surface area contributed by atoms with Crippen molar-refractivity contribution in [3.05, 3.63) is 24.3 Å². The first kappa shape index (κ1) is 58.0. The molecule has 1 amide bonds.